The lowest BCUT2D eigenvalue weighted by molar-refractivity contribution is 0.0992. The van der Waals surface area contributed by atoms with Crippen LogP contribution in [0.1, 0.15) is 21.5 Å². The van der Waals surface area contributed by atoms with E-state index in [0.717, 1.165) is 21.2 Å². The van der Waals surface area contributed by atoms with Gasteiger partial charge >= 0.3 is 0 Å². The van der Waals surface area contributed by atoms with E-state index in [1.165, 1.54) is 0 Å². The average Bonchev–Trinajstić information content (AvgIpc) is 2.68. The van der Waals surface area contributed by atoms with Gasteiger partial charge in [-0.25, -0.2) is 0 Å². The van der Waals surface area contributed by atoms with Gasteiger partial charge in [0.15, 0.2) is 5.78 Å². The molecule has 1 aromatic carbocycles. The van der Waals surface area contributed by atoms with Crippen molar-refractivity contribution in [2.75, 3.05) is 0 Å². The maximum atomic E-state index is 12.1. The minimum Gasteiger partial charge on any atom is -0.294 e. The van der Waals surface area contributed by atoms with Crippen LogP contribution in [0.4, 0.5) is 0 Å². The first-order valence-corrected chi connectivity index (χ1v) is 6.13. The van der Waals surface area contributed by atoms with Crippen molar-refractivity contribution in [1.82, 2.24) is 9.78 Å². The van der Waals surface area contributed by atoms with E-state index in [0.29, 0.717) is 6.42 Å². The summed E-state index contributed by atoms with van der Waals surface area (Å²) in [7, 11) is 1.85. The second-order valence-electron chi connectivity index (χ2n) is 4.03. The summed E-state index contributed by atoms with van der Waals surface area (Å²) < 4.78 is 2.67. The summed E-state index contributed by atoms with van der Waals surface area (Å²) in [5.74, 6) is 0.122. The molecule has 0 aliphatic carbocycles. The molecule has 0 spiro atoms. The number of aryl methyl sites for hydroxylation is 1. The van der Waals surface area contributed by atoms with E-state index < -0.39 is 0 Å². The Morgan fingerprint density at radius 2 is 2.24 bits per heavy atom. The highest BCUT2D eigenvalue weighted by atomic mass is 79.9. The molecule has 1 heterocycles. The number of carbonyl (C=O) groups is 1. The van der Waals surface area contributed by atoms with Crippen molar-refractivity contribution in [3.8, 4) is 0 Å². The summed E-state index contributed by atoms with van der Waals surface area (Å²) in [5.41, 5.74) is 2.70. The van der Waals surface area contributed by atoms with Crippen LogP contribution >= 0.6 is 15.9 Å². The van der Waals surface area contributed by atoms with E-state index >= 15 is 0 Å². The van der Waals surface area contributed by atoms with E-state index in [-0.39, 0.29) is 5.78 Å². The molecule has 0 amide bonds. The number of nitrogens with zero attached hydrogens (tertiary/aromatic N) is 2. The van der Waals surface area contributed by atoms with Gasteiger partial charge in [-0.2, -0.15) is 5.10 Å². The molecule has 0 N–H and O–H groups in total. The van der Waals surface area contributed by atoms with E-state index in [1.807, 2.05) is 38.4 Å². The zero-order chi connectivity index (χ0) is 12.4. The zero-order valence-corrected chi connectivity index (χ0v) is 11.4. The Bertz CT molecular complexity index is 560. The molecule has 3 nitrogen and oxygen atoms in total. The Morgan fingerprint density at radius 3 is 2.88 bits per heavy atom. The average molecular weight is 293 g/mol. The normalized spacial score (nSPS) is 10.5. The number of halogens is 1. The molecule has 0 atom stereocenters. The van der Waals surface area contributed by atoms with Gasteiger partial charge in [0, 0.05) is 29.7 Å². The number of hydrogen-bond acceptors (Lipinski definition) is 2. The monoisotopic (exact) mass is 292 g/mol. The summed E-state index contributed by atoms with van der Waals surface area (Å²) >= 11 is 3.44. The highest BCUT2D eigenvalue weighted by molar-refractivity contribution is 9.10. The molecule has 2 aromatic rings. The van der Waals surface area contributed by atoms with Crippen LogP contribution < -0.4 is 0 Å². The summed E-state index contributed by atoms with van der Waals surface area (Å²) in [6.07, 6.45) is 3.99. The van der Waals surface area contributed by atoms with Gasteiger partial charge in [-0.15, -0.1) is 0 Å². The Kier molecular flexibility index (Phi) is 3.43. The molecular formula is C13H13BrN2O. The number of rotatable bonds is 3. The SMILES string of the molecule is Cc1c(Br)cccc1C(=O)Cc1cnn(C)c1. The minimum atomic E-state index is 0.122. The molecule has 0 bridgehead atoms. The van der Waals surface area contributed by atoms with Crippen molar-refractivity contribution in [2.24, 2.45) is 7.05 Å². The van der Waals surface area contributed by atoms with Gasteiger partial charge in [0.25, 0.3) is 0 Å². The second kappa shape index (κ2) is 4.84. The molecule has 17 heavy (non-hydrogen) atoms. The van der Waals surface area contributed by atoms with E-state index in [4.69, 9.17) is 0 Å². The van der Waals surface area contributed by atoms with Crippen LogP contribution in [0.15, 0.2) is 35.1 Å². The van der Waals surface area contributed by atoms with Gasteiger partial charge in [-0.3, -0.25) is 9.48 Å². The molecule has 0 aliphatic rings. The van der Waals surface area contributed by atoms with E-state index in [9.17, 15) is 4.79 Å². The zero-order valence-electron chi connectivity index (χ0n) is 9.77. The first kappa shape index (κ1) is 12.0. The third-order valence-corrected chi connectivity index (χ3v) is 3.55. The number of aromatic nitrogens is 2. The third kappa shape index (κ3) is 2.64. The quantitative estimate of drug-likeness (QED) is 0.816. The van der Waals surface area contributed by atoms with Crippen molar-refractivity contribution in [1.29, 1.82) is 0 Å². The number of Topliss-reactive ketones (excluding diaryl/α,β-unsaturated/α-hetero) is 1. The van der Waals surface area contributed by atoms with Gasteiger partial charge in [-0.1, -0.05) is 28.1 Å². The second-order valence-corrected chi connectivity index (χ2v) is 4.89. The fourth-order valence-corrected chi connectivity index (χ4v) is 2.12. The molecule has 2 rings (SSSR count). The van der Waals surface area contributed by atoms with Gasteiger partial charge in [-0.05, 0) is 24.1 Å². The fourth-order valence-electron chi connectivity index (χ4n) is 1.75. The van der Waals surface area contributed by atoms with Crippen molar-refractivity contribution in [3.63, 3.8) is 0 Å². The summed E-state index contributed by atoms with van der Waals surface area (Å²) in [5, 5.41) is 4.06. The third-order valence-electron chi connectivity index (χ3n) is 2.69. The predicted molar refractivity (Wildman–Crippen MR) is 70.1 cm³/mol. The molecule has 1 aromatic heterocycles. The van der Waals surface area contributed by atoms with Gasteiger partial charge in [0.05, 0.1) is 6.20 Å². The summed E-state index contributed by atoms with van der Waals surface area (Å²) in [6, 6.07) is 5.68. The lowest BCUT2D eigenvalue weighted by atomic mass is 10.0. The maximum Gasteiger partial charge on any atom is 0.167 e. The minimum absolute atomic E-state index is 0.122. The Morgan fingerprint density at radius 1 is 1.47 bits per heavy atom. The first-order valence-electron chi connectivity index (χ1n) is 5.34. The standard InChI is InChI=1S/C13H13BrN2O/c1-9-11(4-3-5-12(9)14)13(17)6-10-7-15-16(2)8-10/h3-5,7-8H,6H2,1-2H3. The predicted octanol–water partition coefficient (Wildman–Crippen LogP) is 2.92. The lowest BCUT2D eigenvalue weighted by Gasteiger charge is -2.05. The molecule has 0 saturated carbocycles. The molecular weight excluding hydrogens is 280 g/mol. The van der Waals surface area contributed by atoms with Gasteiger partial charge < -0.3 is 0 Å². The van der Waals surface area contributed by atoms with Crippen molar-refractivity contribution < 1.29 is 4.79 Å². The van der Waals surface area contributed by atoms with Crippen LogP contribution in [-0.4, -0.2) is 15.6 Å². The highest BCUT2D eigenvalue weighted by Gasteiger charge is 2.12. The molecule has 88 valence electrons. The highest BCUT2D eigenvalue weighted by Crippen LogP contribution is 2.20. The van der Waals surface area contributed by atoms with Gasteiger partial charge in [0.1, 0.15) is 0 Å². The smallest absolute Gasteiger partial charge is 0.167 e. The number of ketones is 1. The van der Waals surface area contributed by atoms with Crippen LogP contribution in [0, 0.1) is 6.92 Å². The number of hydrogen-bond donors (Lipinski definition) is 0. The molecule has 0 fully saturated rings. The maximum absolute atomic E-state index is 12.1. The molecule has 4 heteroatoms. The van der Waals surface area contributed by atoms with E-state index in [1.54, 1.807) is 10.9 Å². The molecule has 0 saturated heterocycles. The Hall–Kier alpha value is -1.42. The largest absolute Gasteiger partial charge is 0.294 e. The molecule has 0 aliphatic heterocycles. The molecule has 0 unspecified atom stereocenters. The Labute approximate surface area is 109 Å². The van der Waals surface area contributed by atoms with Gasteiger partial charge in [0.2, 0.25) is 0 Å². The summed E-state index contributed by atoms with van der Waals surface area (Å²) in [4.78, 5) is 12.1. The van der Waals surface area contributed by atoms with Crippen molar-refractivity contribution in [2.45, 2.75) is 13.3 Å². The molecule has 0 radical (unpaired) electrons. The number of benzene rings is 1. The first-order chi connectivity index (χ1) is 8.08. The number of carbonyl (C=O) groups excluding carboxylic acids is 1. The van der Waals surface area contributed by atoms with Crippen LogP contribution in [-0.2, 0) is 13.5 Å². The Balaban J connectivity index is 2.23. The van der Waals surface area contributed by atoms with Crippen LogP contribution in [0.2, 0.25) is 0 Å². The topological polar surface area (TPSA) is 34.9 Å². The summed E-state index contributed by atoms with van der Waals surface area (Å²) in [6.45, 7) is 1.94. The fraction of sp³-hybridized carbons (Fsp3) is 0.231. The van der Waals surface area contributed by atoms with Crippen LogP contribution in [0.25, 0.3) is 0 Å². The van der Waals surface area contributed by atoms with E-state index in [2.05, 4.69) is 21.0 Å². The van der Waals surface area contributed by atoms with Crippen molar-refractivity contribution in [3.05, 3.63) is 51.8 Å². The van der Waals surface area contributed by atoms with Crippen molar-refractivity contribution >= 4 is 21.7 Å². The van der Waals surface area contributed by atoms with Crippen LogP contribution in [0.5, 0.6) is 0 Å². The lowest BCUT2D eigenvalue weighted by Crippen LogP contribution is -2.05. The van der Waals surface area contributed by atoms with Crippen LogP contribution in [0.3, 0.4) is 0 Å².